The zero-order chi connectivity index (χ0) is 19.1. The molecule has 0 radical (unpaired) electrons. The SMILES string of the molecule is CCN1CCCC1CNCc1cc(Br)cc(OC)c1OCc1ccccc1. The summed E-state index contributed by atoms with van der Waals surface area (Å²) in [5, 5.41) is 3.63. The molecule has 2 aromatic carbocycles. The van der Waals surface area contributed by atoms with Crippen LogP contribution in [-0.2, 0) is 13.2 Å². The minimum Gasteiger partial charge on any atom is -0.493 e. The molecule has 0 aliphatic carbocycles. The van der Waals surface area contributed by atoms with Crippen molar-refractivity contribution in [3.8, 4) is 11.5 Å². The Hall–Kier alpha value is -1.56. The lowest BCUT2D eigenvalue weighted by molar-refractivity contribution is 0.258. The first kappa shape index (κ1) is 20.2. The Labute approximate surface area is 171 Å². The zero-order valence-corrected chi connectivity index (χ0v) is 17.8. The Morgan fingerprint density at radius 3 is 2.78 bits per heavy atom. The number of likely N-dealkylation sites (tertiary alicyclic amines) is 1. The molecule has 4 nitrogen and oxygen atoms in total. The van der Waals surface area contributed by atoms with E-state index in [1.165, 1.54) is 19.4 Å². The average Bonchev–Trinajstić information content (AvgIpc) is 3.15. The van der Waals surface area contributed by atoms with E-state index in [2.05, 4.69) is 51.3 Å². The van der Waals surface area contributed by atoms with Crippen molar-refractivity contribution in [3.05, 3.63) is 58.1 Å². The number of benzene rings is 2. The second-order valence-electron chi connectivity index (χ2n) is 6.93. The molecule has 2 aromatic rings. The molecule has 3 rings (SSSR count). The molecule has 0 aromatic heterocycles. The molecule has 0 saturated carbocycles. The average molecular weight is 433 g/mol. The molecule has 146 valence electrons. The van der Waals surface area contributed by atoms with Crippen LogP contribution in [-0.4, -0.2) is 37.7 Å². The minimum absolute atomic E-state index is 0.526. The Bertz CT molecular complexity index is 724. The van der Waals surface area contributed by atoms with Gasteiger partial charge in [0.15, 0.2) is 11.5 Å². The molecule has 1 aliphatic rings. The Kier molecular flexibility index (Phi) is 7.56. The molecule has 1 aliphatic heterocycles. The topological polar surface area (TPSA) is 33.7 Å². The van der Waals surface area contributed by atoms with Crippen molar-refractivity contribution in [2.75, 3.05) is 26.7 Å². The third-order valence-corrected chi connectivity index (χ3v) is 5.60. The first-order valence-electron chi connectivity index (χ1n) is 9.69. The van der Waals surface area contributed by atoms with Gasteiger partial charge >= 0.3 is 0 Å². The van der Waals surface area contributed by atoms with E-state index >= 15 is 0 Å². The second kappa shape index (κ2) is 10.1. The fourth-order valence-corrected chi connectivity index (χ4v) is 4.20. The van der Waals surface area contributed by atoms with Crippen LogP contribution in [0.25, 0.3) is 0 Å². The van der Waals surface area contributed by atoms with Gasteiger partial charge in [0.05, 0.1) is 7.11 Å². The number of nitrogens with zero attached hydrogens (tertiary/aromatic N) is 1. The Morgan fingerprint density at radius 1 is 1.22 bits per heavy atom. The van der Waals surface area contributed by atoms with Gasteiger partial charge < -0.3 is 14.8 Å². The van der Waals surface area contributed by atoms with Gasteiger partial charge in [-0.25, -0.2) is 0 Å². The number of ether oxygens (including phenoxy) is 2. The van der Waals surface area contributed by atoms with E-state index in [4.69, 9.17) is 9.47 Å². The largest absolute Gasteiger partial charge is 0.493 e. The van der Waals surface area contributed by atoms with E-state index in [0.29, 0.717) is 12.6 Å². The van der Waals surface area contributed by atoms with Crippen LogP contribution in [0.3, 0.4) is 0 Å². The van der Waals surface area contributed by atoms with Gasteiger partial charge in [-0.2, -0.15) is 0 Å². The molecule has 0 spiro atoms. The first-order chi connectivity index (χ1) is 13.2. The zero-order valence-electron chi connectivity index (χ0n) is 16.2. The molecule has 1 saturated heterocycles. The maximum absolute atomic E-state index is 6.17. The van der Waals surface area contributed by atoms with Crippen LogP contribution in [0.2, 0.25) is 0 Å². The highest BCUT2D eigenvalue weighted by Gasteiger charge is 2.22. The lowest BCUT2D eigenvalue weighted by Gasteiger charge is -2.23. The van der Waals surface area contributed by atoms with Crippen LogP contribution >= 0.6 is 15.9 Å². The summed E-state index contributed by atoms with van der Waals surface area (Å²) in [5.41, 5.74) is 2.25. The van der Waals surface area contributed by atoms with Gasteiger partial charge in [0.25, 0.3) is 0 Å². The molecular weight excluding hydrogens is 404 g/mol. The van der Waals surface area contributed by atoms with E-state index in [1.807, 2.05) is 24.3 Å². The summed E-state index contributed by atoms with van der Waals surface area (Å²) in [6, 6.07) is 14.9. The fraction of sp³-hybridized carbons (Fsp3) is 0.455. The number of nitrogens with one attached hydrogen (secondary N) is 1. The van der Waals surface area contributed by atoms with Crippen LogP contribution in [0.15, 0.2) is 46.9 Å². The number of hydrogen-bond acceptors (Lipinski definition) is 4. The summed E-state index contributed by atoms with van der Waals surface area (Å²) in [5.74, 6) is 1.57. The van der Waals surface area contributed by atoms with E-state index in [-0.39, 0.29) is 0 Å². The highest BCUT2D eigenvalue weighted by Crippen LogP contribution is 2.35. The standard InChI is InChI=1S/C22H29BrN2O2/c1-3-25-11-7-10-20(25)15-24-14-18-12-19(23)13-21(26-2)22(18)27-16-17-8-5-4-6-9-17/h4-6,8-9,12-13,20,24H,3,7,10-11,14-16H2,1-2H3. The van der Waals surface area contributed by atoms with Crippen LogP contribution in [0.4, 0.5) is 0 Å². The number of methoxy groups -OCH3 is 1. The molecule has 27 heavy (non-hydrogen) atoms. The van der Waals surface area contributed by atoms with Gasteiger partial charge in [-0.15, -0.1) is 0 Å². The molecular formula is C22H29BrN2O2. The summed E-state index contributed by atoms with van der Waals surface area (Å²) in [6.45, 7) is 6.88. The van der Waals surface area contributed by atoms with Gasteiger partial charge in [0.2, 0.25) is 0 Å². The smallest absolute Gasteiger partial charge is 0.166 e. The molecule has 1 unspecified atom stereocenters. The molecule has 1 heterocycles. The maximum atomic E-state index is 6.17. The number of halogens is 1. The number of hydrogen-bond donors (Lipinski definition) is 1. The summed E-state index contributed by atoms with van der Waals surface area (Å²) in [6.07, 6.45) is 2.58. The van der Waals surface area contributed by atoms with Crippen LogP contribution in [0.5, 0.6) is 11.5 Å². The third kappa shape index (κ3) is 5.47. The summed E-state index contributed by atoms with van der Waals surface area (Å²) < 4.78 is 12.7. The van der Waals surface area contributed by atoms with Crippen LogP contribution in [0, 0.1) is 0 Å². The predicted molar refractivity (Wildman–Crippen MR) is 113 cm³/mol. The fourth-order valence-electron chi connectivity index (χ4n) is 3.72. The molecule has 0 bridgehead atoms. The maximum Gasteiger partial charge on any atom is 0.166 e. The lowest BCUT2D eigenvalue weighted by atomic mass is 10.1. The van der Waals surface area contributed by atoms with E-state index in [9.17, 15) is 0 Å². The Balaban J connectivity index is 1.68. The van der Waals surface area contributed by atoms with Gasteiger partial charge in [-0.3, -0.25) is 4.90 Å². The van der Waals surface area contributed by atoms with Crippen molar-refractivity contribution in [3.63, 3.8) is 0 Å². The highest BCUT2D eigenvalue weighted by molar-refractivity contribution is 9.10. The van der Waals surface area contributed by atoms with Gasteiger partial charge in [-0.05, 0) is 43.6 Å². The number of likely N-dealkylation sites (N-methyl/N-ethyl adjacent to an activating group) is 1. The van der Waals surface area contributed by atoms with Gasteiger partial charge in [0, 0.05) is 29.2 Å². The second-order valence-corrected chi connectivity index (χ2v) is 7.84. The summed E-state index contributed by atoms with van der Waals surface area (Å²) in [7, 11) is 1.69. The minimum atomic E-state index is 0.526. The Morgan fingerprint density at radius 2 is 2.04 bits per heavy atom. The monoisotopic (exact) mass is 432 g/mol. The third-order valence-electron chi connectivity index (χ3n) is 5.14. The van der Waals surface area contributed by atoms with Crippen LogP contribution < -0.4 is 14.8 Å². The van der Waals surface area contributed by atoms with Gasteiger partial charge in [0.1, 0.15) is 6.61 Å². The molecule has 5 heteroatoms. The van der Waals surface area contributed by atoms with E-state index in [0.717, 1.165) is 46.7 Å². The van der Waals surface area contributed by atoms with Gasteiger partial charge in [-0.1, -0.05) is 53.2 Å². The van der Waals surface area contributed by atoms with Crippen molar-refractivity contribution >= 4 is 15.9 Å². The molecule has 1 atom stereocenters. The van der Waals surface area contributed by atoms with Crippen molar-refractivity contribution in [2.45, 2.75) is 39.0 Å². The van der Waals surface area contributed by atoms with Crippen LogP contribution in [0.1, 0.15) is 30.9 Å². The van der Waals surface area contributed by atoms with E-state index < -0.39 is 0 Å². The summed E-state index contributed by atoms with van der Waals surface area (Å²) in [4.78, 5) is 2.56. The van der Waals surface area contributed by atoms with Crippen molar-refractivity contribution in [2.24, 2.45) is 0 Å². The molecule has 1 N–H and O–H groups in total. The lowest BCUT2D eigenvalue weighted by Crippen LogP contribution is -2.37. The molecule has 0 amide bonds. The number of rotatable bonds is 9. The summed E-state index contributed by atoms with van der Waals surface area (Å²) >= 11 is 3.59. The van der Waals surface area contributed by atoms with Crippen molar-refractivity contribution in [1.82, 2.24) is 10.2 Å². The van der Waals surface area contributed by atoms with Crippen molar-refractivity contribution < 1.29 is 9.47 Å². The normalized spacial score (nSPS) is 17.2. The first-order valence-corrected chi connectivity index (χ1v) is 10.5. The highest BCUT2D eigenvalue weighted by atomic mass is 79.9. The van der Waals surface area contributed by atoms with E-state index in [1.54, 1.807) is 7.11 Å². The molecule has 1 fully saturated rings. The predicted octanol–water partition coefficient (Wildman–Crippen LogP) is 4.61. The quantitative estimate of drug-likeness (QED) is 0.626. The van der Waals surface area contributed by atoms with Crippen molar-refractivity contribution in [1.29, 1.82) is 0 Å².